The molecule has 0 saturated heterocycles. The number of nitrogens with zero attached hydrogens (tertiary/aromatic N) is 4. The monoisotopic (exact) mass is 234 g/mol. The number of nitro benzene ring substituents is 1. The highest BCUT2D eigenvalue weighted by molar-refractivity contribution is 5.51. The Kier molecular flexibility index (Phi) is 4.48. The first kappa shape index (κ1) is 12.5. The Bertz CT molecular complexity index is 541. The molecule has 0 heterocycles. The lowest BCUT2D eigenvalue weighted by molar-refractivity contribution is -0.387. The number of para-hydroxylation sites is 1. The molecular formula is C10H7FN4O2. The van der Waals surface area contributed by atoms with Gasteiger partial charge in [0.1, 0.15) is 5.56 Å². The first-order valence-corrected chi connectivity index (χ1v) is 4.59. The average molecular weight is 234 g/mol. The SMILES string of the molecule is [N-]=[N+]=NCCC#Cc1cccc(F)c1[N+](=O)[O-]. The molecule has 7 heteroatoms. The molecule has 0 aliphatic carbocycles. The van der Waals surface area contributed by atoms with E-state index in [0.717, 1.165) is 6.07 Å². The highest BCUT2D eigenvalue weighted by atomic mass is 19.1. The van der Waals surface area contributed by atoms with Crippen molar-refractivity contribution in [2.75, 3.05) is 6.54 Å². The van der Waals surface area contributed by atoms with Crippen LogP contribution >= 0.6 is 0 Å². The van der Waals surface area contributed by atoms with Gasteiger partial charge in [-0.25, -0.2) is 0 Å². The Morgan fingerprint density at radius 1 is 1.59 bits per heavy atom. The number of rotatable bonds is 3. The molecule has 1 rings (SSSR count). The summed E-state index contributed by atoms with van der Waals surface area (Å²) < 4.78 is 13.2. The van der Waals surface area contributed by atoms with Crippen LogP contribution in [0.3, 0.4) is 0 Å². The van der Waals surface area contributed by atoms with Gasteiger partial charge in [-0.15, -0.1) is 0 Å². The quantitative estimate of drug-likeness (QED) is 0.153. The molecule has 1 aromatic rings. The molecule has 0 radical (unpaired) electrons. The molecule has 0 amide bonds. The minimum Gasteiger partial charge on any atom is -0.258 e. The van der Waals surface area contributed by atoms with E-state index in [1.807, 2.05) is 0 Å². The van der Waals surface area contributed by atoms with Crippen molar-refractivity contribution in [2.45, 2.75) is 6.42 Å². The molecule has 0 saturated carbocycles. The maximum atomic E-state index is 13.2. The predicted molar refractivity (Wildman–Crippen MR) is 58.6 cm³/mol. The van der Waals surface area contributed by atoms with E-state index in [9.17, 15) is 14.5 Å². The zero-order chi connectivity index (χ0) is 12.7. The van der Waals surface area contributed by atoms with Crippen LogP contribution in [-0.2, 0) is 0 Å². The largest absolute Gasteiger partial charge is 0.320 e. The van der Waals surface area contributed by atoms with E-state index in [2.05, 4.69) is 21.9 Å². The van der Waals surface area contributed by atoms with Crippen LogP contribution in [-0.4, -0.2) is 11.5 Å². The van der Waals surface area contributed by atoms with Gasteiger partial charge in [0.25, 0.3) is 0 Å². The first-order chi connectivity index (χ1) is 8.16. The second kappa shape index (κ2) is 6.10. The highest BCUT2D eigenvalue weighted by Crippen LogP contribution is 2.21. The van der Waals surface area contributed by atoms with E-state index in [0.29, 0.717) is 0 Å². The molecule has 6 nitrogen and oxygen atoms in total. The highest BCUT2D eigenvalue weighted by Gasteiger charge is 2.17. The third kappa shape index (κ3) is 3.48. The Balaban J connectivity index is 2.94. The Labute approximate surface area is 95.8 Å². The van der Waals surface area contributed by atoms with Crippen molar-refractivity contribution < 1.29 is 9.31 Å². The molecule has 0 bridgehead atoms. The standard InChI is InChI=1S/C10H7FN4O2/c11-9-6-3-5-8(10(9)15(16)17)4-1-2-7-13-14-12/h3,5-6H,2,7H2. The van der Waals surface area contributed by atoms with Gasteiger partial charge in [0.05, 0.1) is 4.92 Å². The van der Waals surface area contributed by atoms with Crippen molar-refractivity contribution in [1.29, 1.82) is 0 Å². The molecule has 0 fully saturated rings. The lowest BCUT2D eigenvalue weighted by Gasteiger charge is -1.95. The molecule has 0 atom stereocenters. The van der Waals surface area contributed by atoms with Crippen molar-refractivity contribution in [3.8, 4) is 11.8 Å². The van der Waals surface area contributed by atoms with Gasteiger partial charge in [-0.2, -0.15) is 4.39 Å². The number of azide groups is 1. The second-order valence-corrected chi connectivity index (χ2v) is 2.90. The van der Waals surface area contributed by atoms with Crippen molar-refractivity contribution in [1.82, 2.24) is 0 Å². The Morgan fingerprint density at radius 2 is 2.35 bits per heavy atom. The van der Waals surface area contributed by atoms with Crippen LogP contribution in [0.25, 0.3) is 10.4 Å². The molecule has 0 spiro atoms. The summed E-state index contributed by atoms with van der Waals surface area (Å²) in [6.45, 7) is 0.173. The molecule has 0 unspecified atom stereocenters. The van der Waals surface area contributed by atoms with Crippen LogP contribution < -0.4 is 0 Å². The lowest BCUT2D eigenvalue weighted by atomic mass is 10.1. The van der Waals surface area contributed by atoms with E-state index >= 15 is 0 Å². The fourth-order valence-corrected chi connectivity index (χ4v) is 1.11. The summed E-state index contributed by atoms with van der Waals surface area (Å²) in [6, 6.07) is 3.71. The Morgan fingerprint density at radius 3 is 3.00 bits per heavy atom. The maximum absolute atomic E-state index is 13.2. The summed E-state index contributed by atoms with van der Waals surface area (Å²) in [4.78, 5) is 12.3. The van der Waals surface area contributed by atoms with Gasteiger partial charge in [0.2, 0.25) is 5.82 Å². The minimum absolute atomic E-state index is 0.0101. The van der Waals surface area contributed by atoms with E-state index in [-0.39, 0.29) is 18.5 Å². The smallest absolute Gasteiger partial charge is 0.258 e. The van der Waals surface area contributed by atoms with Crippen molar-refractivity contribution in [2.24, 2.45) is 5.11 Å². The van der Waals surface area contributed by atoms with Gasteiger partial charge in [0, 0.05) is 17.9 Å². The predicted octanol–water partition coefficient (Wildman–Crippen LogP) is 2.79. The molecular weight excluding hydrogens is 227 g/mol. The van der Waals surface area contributed by atoms with Gasteiger partial charge >= 0.3 is 5.69 Å². The minimum atomic E-state index is -0.920. The third-order valence-electron chi connectivity index (χ3n) is 1.79. The third-order valence-corrected chi connectivity index (χ3v) is 1.79. The molecule has 1 aromatic carbocycles. The van der Waals surface area contributed by atoms with Gasteiger partial charge in [-0.05, 0) is 17.7 Å². The van der Waals surface area contributed by atoms with Crippen molar-refractivity contribution in [3.63, 3.8) is 0 Å². The van der Waals surface area contributed by atoms with E-state index in [4.69, 9.17) is 5.53 Å². The number of hydrogen-bond acceptors (Lipinski definition) is 3. The number of hydrogen-bond donors (Lipinski definition) is 0. The van der Waals surface area contributed by atoms with Gasteiger partial charge < -0.3 is 0 Å². The zero-order valence-corrected chi connectivity index (χ0v) is 8.63. The molecule has 0 N–H and O–H groups in total. The van der Waals surface area contributed by atoms with Crippen LogP contribution in [0.4, 0.5) is 10.1 Å². The fourth-order valence-electron chi connectivity index (χ4n) is 1.11. The Hall–Kier alpha value is -2.58. The van der Waals surface area contributed by atoms with Gasteiger partial charge in [-0.1, -0.05) is 23.0 Å². The van der Waals surface area contributed by atoms with E-state index in [1.54, 1.807) is 0 Å². The molecule has 17 heavy (non-hydrogen) atoms. The molecule has 0 aliphatic heterocycles. The van der Waals surface area contributed by atoms with Gasteiger partial charge in [0.15, 0.2) is 0 Å². The summed E-state index contributed by atoms with van der Waals surface area (Å²) in [6.07, 6.45) is 0.262. The molecule has 0 aromatic heterocycles. The number of nitro groups is 1. The normalized spacial score (nSPS) is 8.76. The molecule has 86 valence electrons. The lowest BCUT2D eigenvalue weighted by Crippen LogP contribution is -1.95. The first-order valence-electron chi connectivity index (χ1n) is 4.59. The number of benzene rings is 1. The fraction of sp³-hybridized carbons (Fsp3) is 0.200. The number of halogens is 1. The topological polar surface area (TPSA) is 91.9 Å². The second-order valence-electron chi connectivity index (χ2n) is 2.90. The average Bonchev–Trinajstić information content (AvgIpc) is 2.28. The van der Waals surface area contributed by atoms with Crippen LogP contribution in [0, 0.1) is 27.8 Å². The van der Waals surface area contributed by atoms with E-state index < -0.39 is 16.4 Å². The van der Waals surface area contributed by atoms with Crippen LogP contribution in [0.15, 0.2) is 23.3 Å². The molecule has 0 aliphatic rings. The van der Waals surface area contributed by atoms with Crippen molar-refractivity contribution >= 4 is 5.69 Å². The summed E-state index contributed by atoms with van der Waals surface area (Å²) in [7, 11) is 0. The van der Waals surface area contributed by atoms with Gasteiger partial charge in [-0.3, -0.25) is 10.1 Å². The maximum Gasteiger partial charge on any atom is 0.320 e. The summed E-state index contributed by atoms with van der Waals surface area (Å²) in [5.41, 5.74) is 7.38. The zero-order valence-electron chi connectivity index (χ0n) is 8.63. The van der Waals surface area contributed by atoms with Crippen LogP contribution in [0.2, 0.25) is 0 Å². The summed E-state index contributed by atoms with van der Waals surface area (Å²) in [5, 5.41) is 13.9. The van der Waals surface area contributed by atoms with E-state index in [1.165, 1.54) is 12.1 Å². The van der Waals surface area contributed by atoms with Crippen molar-refractivity contribution in [3.05, 3.63) is 50.1 Å². The van der Waals surface area contributed by atoms with Crippen LogP contribution in [0.1, 0.15) is 12.0 Å². The summed E-state index contributed by atoms with van der Waals surface area (Å²) >= 11 is 0. The summed E-state index contributed by atoms with van der Waals surface area (Å²) in [5.74, 6) is 4.13. The van der Waals surface area contributed by atoms with Crippen LogP contribution in [0.5, 0.6) is 0 Å².